The predicted octanol–water partition coefficient (Wildman–Crippen LogP) is 3.33. The minimum Gasteiger partial charge on any atom is -0.398 e. The van der Waals surface area contributed by atoms with Gasteiger partial charge in [-0.3, -0.25) is 4.72 Å². The molecule has 0 aliphatic carbocycles. The first kappa shape index (κ1) is 14.1. The van der Waals surface area contributed by atoms with Crippen LogP contribution in [0.2, 0.25) is 5.02 Å². The van der Waals surface area contributed by atoms with Gasteiger partial charge in [0.2, 0.25) is 0 Å². The zero-order valence-corrected chi connectivity index (χ0v) is 13.0. The molecule has 1 heterocycles. The predicted molar refractivity (Wildman–Crippen MR) is 86.3 cm³/mol. The van der Waals surface area contributed by atoms with E-state index in [0.29, 0.717) is 10.5 Å². The van der Waals surface area contributed by atoms with Gasteiger partial charge >= 0.3 is 0 Å². The number of benzene rings is 2. The monoisotopic (exact) mass is 339 g/mol. The summed E-state index contributed by atoms with van der Waals surface area (Å²) in [5, 5.41) is 0.850. The molecule has 3 rings (SSSR count). The van der Waals surface area contributed by atoms with Crippen LogP contribution in [0, 0.1) is 0 Å². The van der Waals surface area contributed by atoms with E-state index in [1.165, 1.54) is 23.5 Å². The highest BCUT2D eigenvalue weighted by Crippen LogP contribution is 2.30. The molecule has 0 saturated carbocycles. The highest BCUT2D eigenvalue weighted by atomic mass is 35.5. The molecule has 1 aromatic heterocycles. The highest BCUT2D eigenvalue weighted by molar-refractivity contribution is 7.93. The van der Waals surface area contributed by atoms with E-state index in [1.54, 1.807) is 30.3 Å². The summed E-state index contributed by atoms with van der Waals surface area (Å²) in [4.78, 5) is 4.25. The van der Waals surface area contributed by atoms with Crippen LogP contribution < -0.4 is 10.5 Å². The van der Waals surface area contributed by atoms with Crippen molar-refractivity contribution in [3.8, 4) is 0 Å². The molecule has 0 bridgehead atoms. The van der Waals surface area contributed by atoms with Gasteiger partial charge < -0.3 is 5.73 Å². The third kappa shape index (κ3) is 2.80. The number of anilines is 2. The summed E-state index contributed by atoms with van der Waals surface area (Å²) >= 11 is 7.11. The molecule has 3 N–H and O–H groups in total. The van der Waals surface area contributed by atoms with E-state index in [1.807, 2.05) is 0 Å². The Morgan fingerprint density at radius 1 is 1.19 bits per heavy atom. The van der Waals surface area contributed by atoms with Gasteiger partial charge in [0.1, 0.15) is 4.90 Å². The maximum atomic E-state index is 12.3. The van der Waals surface area contributed by atoms with E-state index in [2.05, 4.69) is 9.71 Å². The molecule has 0 saturated heterocycles. The molecule has 0 radical (unpaired) electrons. The quantitative estimate of drug-likeness (QED) is 0.717. The molecule has 0 amide bonds. The Hall–Kier alpha value is -1.83. The number of sulfonamides is 1. The molecular formula is C13H10ClN3O2S2. The number of nitrogens with one attached hydrogen (secondary N) is 1. The largest absolute Gasteiger partial charge is 0.398 e. The molecule has 0 fully saturated rings. The standard InChI is InChI=1S/C13H10ClN3O2S2/c14-8-5-6-10-11(7-8)20-13(16-10)17-21(18,19)12-4-2-1-3-9(12)15/h1-7H,15H2,(H,16,17). The van der Waals surface area contributed by atoms with Crippen molar-refractivity contribution in [2.45, 2.75) is 4.90 Å². The van der Waals surface area contributed by atoms with Crippen LogP contribution in [0.3, 0.4) is 0 Å². The lowest BCUT2D eigenvalue weighted by Gasteiger charge is -2.07. The Bertz CT molecular complexity index is 922. The smallest absolute Gasteiger partial charge is 0.265 e. The van der Waals surface area contributed by atoms with Gasteiger partial charge in [0.15, 0.2) is 5.13 Å². The number of hydrogen-bond donors (Lipinski definition) is 2. The molecule has 2 aromatic carbocycles. The zero-order valence-electron chi connectivity index (χ0n) is 10.6. The van der Waals surface area contributed by atoms with Crippen molar-refractivity contribution >= 4 is 54.0 Å². The summed E-state index contributed by atoms with van der Waals surface area (Å²) in [6.45, 7) is 0. The van der Waals surface area contributed by atoms with Gasteiger partial charge in [-0.15, -0.1) is 0 Å². The number of hydrogen-bond acceptors (Lipinski definition) is 5. The van der Waals surface area contributed by atoms with E-state index >= 15 is 0 Å². The minimum absolute atomic E-state index is 0.0299. The maximum absolute atomic E-state index is 12.3. The number of para-hydroxylation sites is 1. The van der Waals surface area contributed by atoms with Gasteiger partial charge in [0.05, 0.1) is 15.9 Å². The molecule has 5 nitrogen and oxygen atoms in total. The van der Waals surface area contributed by atoms with Gasteiger partial charge in [0, 0.05) is 5.02 Å². The number of nitrogens with zero attached hydrogens (tertiary/aromatic N) is 1. The van der Waals surface area contributed by atoms with Gasteiger partial charge in [0.25, 0.3) is 10.0 Å². The number of aromatic nitrogens is 1. The summed E-state index contributed by atoms with van der Waals surface area (Å²) < 4.78 is 27.9. The molecule has 0 spiro atoms. The lowest BCUT2D eigenvalue weighted by atomic mass is 10.3. The number of thiazole rings is 1. The van der Waals surface area contributed by atoms with Gasteiger partial charge in [-0.1, -0.05) is 35.1 Å². The molecular weight excluding hydrogens is 330 g/mol. The van der Waals surface area contributed by atoms with Crippen molar-refractivity contribution in [3.05, 3.63) is 47.5 Å². The fourth-order valence-corrected chi connectivity index (χ4v) is 4.35. The number of fused-ring (bicyclic) bond motifs is 1. The van der Waals surface area contributed by atoms with E-state index < -0.39 is 10.0 Å². The molecule has 21 heavy (non-hydrogen) atoms. The molecule has 0 aliphatic rings. The van der Waals surface area contributed by atoms with E-state index in [-0.39, 0.29) is 15.7 Å². The van der Waals surface area contributed by atoms with Crippen molar-refractivity contribution in [3.63, 3.8) is 0 Å². The van der Waals surface area contributed by atoms with Crippen LogP contribution in [0.4, 0.5) is 10.8 Å². The van der Waals surface area contributed by atoms with Gasteiger partial charge in [-0.25, -0.2) is 13.4 Å². The van der Waals surface area contributed by atoms with Crippen molar-refractivity contribution in [1.82, 2.24) is 4.98 Å². The van der Waals surface area contributed by atoms with Crippen LogP contribution in [0.15, 0.2) is 47.4 Å². The van der Waals surface area contributed by atoms with Crippen LogP contribution in [-0.4, -0.2) is 13.4 Å². The first-order chi connectivity index (χ1) is 9.95. The van der Waals surface area contributed by atoms with Gasteiger partial charge in [-0.05, 0) is 30.3 Å². The molecule has 108 valence electrons. The summed E-state index contributed by atoms with van der Waals surface area (Å²) in [6, 6.07) is 11.5. The first-order valence-corrected chi connectivity index (χ1v) is 8.57. The fraction of sp³-hybridized carbons (Fsp3) is 0. The summed E-state index contributed by atoms with van der Waals surface area (Å²) in [7, 11) is -3.76. The number of halogens is 1. The van der Waals surface area contributed by atoms with E-state index in [0.717, 1.165) is 4.70 Å². The molecule has 3 aromatic rings. The SMILES string of the molecule is Nc1ccccc1S(=O)(=O)Nc1nc2ccc(Cl)cc2s1. The Labute approximate surface area is 130 Å². The van der Waals surface area contributed by atoms with E-state index in [9.17, 15) is 8.42 Å². The van der Waals surface area contributed by atoms with Crippen molar-refractivity contribution in [1.29, 1.82) is 0 Å². The second-order valence-corrected chi connectivity index (χ2v) is 7.39. The summed E-state index contributed by atoms with van der Waals surface area (Å²) in [5.41, 5.74) is 6.57. The zero-order chi connectivity index (χ0) is 15.0. The van der Waals surface area contributed by atoms with Crippen LogP contribution in [-0.2, 0) is 10.0 Å². The van der Waals surface area contributed by atoms with Crippen molar-refractivity contribution in [2.75, 3.05) is 10.5 Å². The number of nitrogen functional groups attached to an aromatic ring is 1. The Morgan fingerprint density at radius 2 is 1.95 bits per heavy atom. The Morgan fingerprint density at radius 3 is 2.71 bits per heavy atom. The van der Waals surface area contributed by atoms with Crippen LogP contribution >= 0.6 is 22.9 Å². The minimum atomic E-state index is -3.76. The molecule has 8 heteroatoms. The highest BCUT2D eigenvalue weighted by Gasteiger charge is 2.19. The van der Waals surface area contributed by atoms with Crippen molar-refractivity contribution < 1.29 is 8.42 Å². The summed E-state index contributed by atoms with van der Waals surface area (Å²) in [5.74, 6) is 0. The lowest BCUT2D eigenvalue weighted by Crippen LogP contribution is -2.14. The second kappa shape index (κ2) is 5.18. The van der Waals surface area contributed by atoms with Gasteiger partial charge in [-0.2, -0.15) is 0 Å². The number of nitrogens with two attached hydrogens (primary N) is 1. The van der Waals surface area contributed by atoms with E-state index in [4.69, 9.17) is 17.3 Å². The topological polar surface area (TPSA) is 85.1 Å². The Balaban J connectivity index is 1.99. The maximum Gasteiger partial charge on any atom is 0.265 e. The third-order valence-corrected chi connectivity index (χ3v) is 5.49. The average molecular weight is 340 g/mol. The average Bonchev–Trinajstić information content (AvgIpc) is 2.79. The molecule has 0 unspecified atom stereocenters. The van der Waals surface area contributed by atoms with Crippen LogP contribution in [0.1, 0.15) is 0 Å². The van der Waals surface area contributed by atoms with Crippen molar-refractivity contribution in [2.24, 2.45) is 0 Å². The first-order valence-electron chi connectivity index (χ1n) is 5.89. The lowest BCUT2D eigenvalue weighted by molar-refractivity contribution is 0.601. The number of rotatable bonds is 3. The normalized spacial score (nSPS) is 11.7. The van der Waals surface area contributed by atoms with Crippen LogP contribution in [0.5, 0.6) is 0 Å². The second-order valence-electron chi connectivity index (χ2n) is 4.27. The fourth-order valence-electron chi connectivity index (χ4n) is 1.84. The molecule has 0 aliphatic heterocycles. The Kier molecular flexibility index (Phi) is 3.48. The molecule has 0 atom stereocenters. The van der Waals surface area contributed by atoms with Crippen LogP contribution in [0.25, 0.3) is 10.2 Å². The summed E-state index contributed by atoms with van der Waals surface area (Å²) in [6.07, 6.45) is 0. The third-order valence-electron chi connectivity index (χ3n) is 2.78.